The van der Waals surface area contributed by atoms with Crippen LogP contribution in [0.4, 0.5) is 5.69 Å². The van der Waals surface area contributed by atoms with Gasteiger partial charge in [0.05, 0.1) is 7.11 Å². The van der Waals surface area contributed by atoms with E-state index in [1.54, 1.807) is 31.4 Å². The van der Waals surface area contributed by atoms with Crippen LogP contribution >= 0.6 is 0 Å². The summed E-state index contributed by atoms with van der Waals surface area (Å²) in [4.78, 5) is 38.5. The Labute approximate surface area is 191 Å². The van der Waals surface area contributed by atoms with E-state index in [2.05, 4.69) is 17.2 Å². The topological polar surface area (TPSA) is 108 Å². The van der Waals surface area contributed by atoms with Crippen molar-refractivity contribution in [1.29, 1.82) is 0 Å². The minimum Gasteiger partial charge on any atom is -0.497 e. The van der Waals surface area contributed by atoms with Gasteiger partial charge in [0, 0.05) is 23.7 Å². The first-order valence-corrected chi connectivity index (χ1v) is 10.7. The lowest BCUT2D eigenvalue weighted by Gasteiger charge is -2.32. The molecule has 0 saturated carbocycles. The van der Waals surface area contributed by atoms with E-state index in [4.69, 9.17) is 4.74 Å². The normalized spacial score (nSPS) is 13.2. The highest BCUT2D eigenvalue weighted by Crippen LogP contribution is 2.24. The quantitative estimate of drug-likeness (QED) is 0.372. The number of carbonyl (C=O) groups is 3. The number of hydrogen-bond acceptors (Lipinski definition) is 5. The number of carbonyl (C=O) groups excluding carboxylic acids is 3. The van der Waals surface area contributed by atoms with Crippen LogP contribution in [0.5, 0.6) is 5.75 Å². The molecule has 8 nitrogen and oxygen atoms in total. The zero-order valence-corrected chi connectivity index (χ0v) is 20.2. The number of benzene rings is 1. The average molecular weight is 448 g/mol. The monoisotopic (exact) mass is 447 g/mol. The molecule has 2 atom stereocenters. The van der Waals surface area contributed by atoms with Gasteiger partial charge in [-0.25, -0.2) is 0 Å². The van der Waals surface area contributed by atoms with Crippen molar-refractivity contribution in [2.45, 2.75) is 60.4 Å². The molecule has 3 N–H and O–H groups in total. The van der Waals surface area contributed by atoms with Gasteiger partial charge in [-0.05, 0) is 48.9 Å². The van der Waals surface area contributed by atoms with Crippen LogP contribution in [0, 0.1) is 17.3 Å². The van der Waals surface area contributed by atoms with Crippen molar-refractivity contribution in [3.05, 3.63) is 36.5 Å². The largest absolute Gasteiger partial charge is 0.497 e. The molecule has 1 rings (SSSR count). The molecule has 0 aliphatic carbocycles. The summed E-state index contributed by atoms with van der Waals surface area (Å²) in [5, 5.41) is 15.9. The number of anilines is 1. The summed E-state index contributed by atoms with van der Waals surface area (Å²) in [7, 11) is 1.56. The Morgan fingerprint density at radius 1 is 1.12 bits per heavy atom. The summed E-state index contributed by atoms with van der Waals surface area (Å²) in [5.41, 5.74) is 0.162. The number of hydroxylamine groups is 2. The molecule has 0 bridgehead atoms. The fourth-order valence-electron chi connectivity index (χ4n) is 3.19. The molecule has 0 aliphatic heterocycles. The van der Waals surface area contributed by atoms with Crippen LogP contribution in [-0.2, 0) is 14.4 Å². The van der Waals surface area contributed by atoms with E-state index in [0.717, 1.165) is 0 Å². The molecule has 0 aromatic heterocycles. The molecule has 3 amide bonds. The fraction of sp³-hybridized carbons (Fsp3) is 0.542. The van der Waals surface area contributed by atoms with Gasteiger partial charge in [0.15, 0.2) is 0 Å². The van der Waals surface area contributed by atoms with Crippen molar-refractivity contribution < 1.29 is 24.3 Å². The Morgan fingerprint density at radius 2 is 1.69 bits per heavy atom. The highest BCUT2D eigenvalue weighted by atomic mass is 16.5. The number of nitrogens with zero attached hydrogens (tertiary/aromatic N) is 1. The van der Waals surface area contributed by atoms with Gasteiger partial charge in [-0.2, -0.15) is 5.06 Å². The van der Waals surface area contributed by atoms with Crippen molar-refractivity contribution in [3.8, 4) is 5.75 Å². The van der Waals surface area contributed by atoms with E-state index < -0.39 is 29.2 Å². The second-order valence-corrected chi connectivity index (χ2v) is 9.50. The third kappa shape index (κ3) is 8.34. The van der Waals surface area contributed by atoms with Crippen LogP contribution in [0.25, 0.3) is 0 Å². The molecule has 0 saturated heterocycles. The highest BCUT2D eigenvalue weighted by molar-refractivity contribution is 5.98. The molecule has 0 spiro atoms. The van der Waals surface area contributed by atoms with Gasteiger partial charge >= 0.3 is 0 Å². The van der Waals surface area contributed by atoms with Crippen molar-refractivity contribution >= 4 is 23.4 Å². The second-order valence-electron chi connectivity index (χ2n) is 9.50. The van der Waals surface area contributed by atoms with Gasteiger partial charge in [0.25, 0.3) is 5.91 Å². The molecule has 178 valence electrons. The maximum absolute atomic E-state index is 13.1. The molecular weight excluding hydrogens is 410 g/mol. The van der Waals surface area contributed by atoms with Gasteiger partial charge in [-0.15, -0.1) is 0 Å². The number of allylic oxidation sites excluding steroid dienone is 1. The van der Waals surface area contributed by atoms with Gasteiger partial charge in [0.1, 0.15) is 11.8 Å². The van der Waals surface area contributed by atoms with Crippen LogP contribution in [-0.4, -0.2) is 41.1 Å². The predicted molar refractivity (Wildman–Crippen MR) is 124 cm³/mol. The highest BCUT2D eigenvalue weighted by Gasteiger charge is 2.35. The Bertz CT molecular complexity index is 812. The zero-order valence-electron chi connectivity index (χ0n) is 20.2. The van der Waals surface area contributed by atoms with E-state index in [0.29, 0.717) is 22.9 Å². The summed E-state index contributed by atoms with van der Waals surface area (Å²) in [6.07, 6.45) is 0.239. The van der Waals surface area contributed by atoms with Crippen LogP contribution in [0.15, 0.2) is 36.5 Å². The van der Waals surface area contributed by atoms with Crippen LogP contribution in [0.3, 0.4) is 0 Å². The molecule has 0 fully saturated rings. The average Bonchev–Trinajstić information content (AvgIpc) is 2.69. The molecule has 0 aliphatic rings. The maximum atomic E-state index is 13.1. The molecule has 1 aromatic carbocycles. The Kier molecular flexibility index (Phi) is 9.90. The minimum absolute atomic E-state index is 0.136. The number of hydrogen-bond donors (Lipinski definition) is 3. The molecule has 8 heteroatoms. The third-order valence-corrected chi connectivity index (χ3v) is 4.92. The third-order valence-electron chi connectivity index (χ3n) is 4.92. The Morgan fingerprint density at radius 3 is 2.12 bits per heavy atom. The van der Waals surface area contributed by atoms with Gasteiger partial charge in [-0.3, -0.25) is 19.6 Å². The van der Waals surface area contributed by atoms with Crippen molar-refractivity contribution in [2.75, 3.05) is 12.4 Å². The molecule has 0 radical (unpaired) electrons. The standard InChI is InChI=1S/C24H37N3O5/c1-15(2)13-17(14-20(28)27(31)16(3)4)22(29)26-21(24(5,6)7)23(30)25-18-9-11-19(32-8)12-10-18/h9-12,15,17,21,31H,3,13-14H2,1-2,4-8H3,(H,25,30)(H,26,29)/t17-,21-/m1/s1. The predicted octanol–water partition coefficient (Wildman–Crippen LogP) is 3.97. The molecule has 0 unspecified atom stereocenters. The van der Waals surface area contributed by atoms with Gasteiger partial charge in [0.2, 0.25) is 11.8 Å². The first-order chi connectivity index (χ1) is 14.8. The molecule has 32 heavy (non-hydrogen) atoms. The van der Waals surface area contributed by atoms with Crippen molar-refractivity contribution in [1.82, 2.24) is 10.4 Å². The lowest BCUT2D eigenvalue weighted by Crippen LogP contribution is -2.53. The lowest BCUT2D eigenvalue weighted by molar-refractivity contribution is -0.159. The molecular formula is C24H37N3O5. The van der Waals surface area contributed by atoms with E-state index in [1.165, 1.54) is 6.92 Å². The SMILES string of the molecule is C=C(C)N(O)C(=O)C[C@@H](CC(C)C)C(=O)N[C@H](C(=O)Nc1ccc(OC)cc1)C(C)(C)C. The first-order valence-electron chi connectivity index (χ1n) is 10.7. The number of ether oxygens (including phenoxy) is 1. The van der Waals surface area contributed by atoms with E-state index in [1.807, 2.05) is 34.6 Å². The number of methoxy groups -OCH3 is 1. The fourth-order valence-corrected chi connectivity index (χ4v) is 3.19. The summed E-state index contributed by atoms with van der Waals surface area (Å²) in [6, 6.07) is 6.05. The summed E-state index contributed by atoms with van der Waals surface area (Å²) < 4.78 is 5.13. The van der Waals surface area contributed by atoms with Gasteiger partial charge in [-0.1, -0.05) is 41.2 Å². The molecule has 0 heterocycles. The summed E-state index contributed by atoms with van der Waals surface area (Å²) in [5.74, 6) is -1.29. The maximum Gasteiger partial charge on any atom is 0.251 e. The molecule has 1 aromatic rings. The minimum atomic E-state index is -0.840. The smallest absolute Gasteiger partial charge is 0.251 e. The second kappa shape index (κ2) is 11.7. The number of rotatable bonds is 10. The zero-order chi connectivity index (χ0) is 24.6. The summed E-state index contributed by atoms with van der Waals surface area (Å²) >= 11 is 0. The number of amides is 3. The van der Waals surface area contributed by atoms with Crippen LogP contribution in [0.2, 0.25) is 0 Å². The van der Waals surface area contributed by atoms with E-state index in [9.17, 15) is 19.6 Å². The van der Waals surface area contributed by atoms with Crippen LogP contribution in [0.1, 0.15) is 54.4 Å². The lowest BCUT2D eigenvalue weighted by atomic mass is 9.85. The van der Waals surface area contributed by atoms with Crippen molar-refractivity contribution in [2.24, 2.45) is 17.3 Å². The van der Waals surface area contributed by atoms with Crippen molar-refractivity contribution in [3.63, 3.8) is 0 Å². The van der Waals surface area contributed by atoms with E-state index in [-0.39, 0.29) is 23.9 Å². The summed E-state index contributed by atoms with van der Waals surface area (Å²) in [6.45, 7) is 14.5. The van der Waals surface area contributed by atoms with E-state index >= 15 is 0 Å². The van der Waals surface area contributed by atoms with Gasteiger partial charge < -0.3 is 15.4 Å². The Hall–Kier alpha value is -2.87. The first kappa shape index (κ1) is 27.2. The Balaban J connectivity index is 3.02. The van der Waals surface area contributed by atoms with Crippen LogP contribution < -0.4 is 15.4 Å². The number of nitrogens with one attached hydrogen (secondary N) is 2.